The molecule has 0 aromatic rings. The molecule has 1 atom stereocenters. The van der Waals surface area contributed by atoms with Crippen molar-refractivity contribution in [3.8, 4) is 0 Å². The summed E-state index contributed by atoms with van der Waals surface area (Å²) in [6.45, 7) is 2.33. The van der Waals surface area contributed by atoms with E-state index in [0.29, 0.717) is 12.7 Å². The third-order valence-corrected chi connectivity index (χ3v) is 3.66. The second kappa shape index (κ2) is 5.64. The monoisotopic (exact) mass is 226 g/mol. The minimum atomic E-state index is 0.0338. The molecule has 4 nitrogen and oxygen atoms in total. The first kappa shape index (κ1) is 11.9. The average molecular weight is 226 g/mol. The lowest BCUT2D eigenvalue weighted by atomic mass is 10.3. The highest BCUT2D eigenvalue weighted by Gasteiger charge is 2.29. The summed E-state index contributed by atoms with van der Waals surface area (Å²) < 4.78 is 5.77. The molecule has 1 saturated heterocycles. The van der Waals surface area contributed by atoms with Gasteiger partial charge in [0.25, 0.3) is 0 Å². The maximum Gasteiger partial charge on any atom is 0.239 e. The summed E-state index contributed by atoms with van der Waals surface area (Å²) in [7, 11) is 1.85. The minimum Gasteiger partial charge on any atom is -0.376 e. The summed E-state index contributed by atoms with van der Waals surface area (Å²) >= 11 is 0. The summed E-state index contributed by atoms with van der Waals surface area (Å²) in [5.74, 6) is 0.234. The number of nitrogens with one attached hydrogen (secondary N) is 1. The van der Waals surface area contributed by atoms with Crippen molar-refractivity contribution in [2.24, 2.45) is 0 Å². The molecule has 1 amide bonds. The van der Waals surface area contributed by atoms with Crippen LogP contribution in [0.25, 0.3) is 0 Å². The molecule has 2 fully saturated rings. The number of carbonyl (C=O) groups is 1. The molecule has 0 spiro atoms. The van der Waals surface area contributed by atoms with Crippen molar-refractivity contribution in [3.05, 3.63) is 0 Å². The van der Waals surface area contributed by atoms with E-state index in [1.54, 1.807) is 0 Å². The molecule has 1 unspecified atom stereocenters. The van der Waals surface area contributed by atoms with Gasteiger partial charge in [-0.15, -0.1) is 0 Å². The van der Waals surface area contributed by atoms with Gasteiger partial charge in [0.1, 0.15) is 0 Å². The van der Waals surface area contributed by atoms with Crippen molar-refractivity contribution in [3.63, 3.8) is 0 Å². The van der Waals surface area contributed by atoms with Crippen molar-refractivity contribution in [1.82, 2.24) is 10.2 Å². The largest absolute Gasteiger partial charge is 0.376 e. The number of likely N-dealkylation sites (tertiary alicyclic amines) is 1. The zero-order valence-corrected chi connectivity index (χ0v) is 10.1. The van der Waals surface area contributed by atoms with Gasteiger partial charge in [-0.05, 0) is 26.3 Å². The van der Waals surface area contributed by atoms with Gasteiger partial charge >= 0.3 is 0 Å². The van der Waals surface area contributed by atoms with E-state index in [0.717, 1.165) is 19.5 Å². The second-order valence-electron chi connectivity index (χ2n) is 4.73. The van der Waals surface area contributed by atoms with E-state index in [1.807, 2.05) is 11.9 Å². The predicted molar refractivity (Wildman–Crippen MR) is 62.3 cm³/mol. The molecule has 2 aliphatic rings. The number of rotatable bonds is 5. The molecule has 1 aliphatic heterocycles. The zero-order valence-electron chi connectivity index (χ0n) is 10.1. The highest BCUT2D eigenvalue weighted by Crippen LogP contribution is 2.21. The summed E-state index contributed by atoms with van der Waals surface area (Å²) in [6, 6.07) is 0.0338. The van der Waals surface area contributed by atoms with Crippen molar-refractivity contribution in [2.75, 3.05) is 26.7 Å². The van der Waals surface area contributed by atoms with Crippen LogP contribution in [0, 0.1) is 0 Å². The third-order valence-electron chi connectivity index (χ3n) is 3.66. The van der Waals surface area contributed by atoms with Crippen LogP contribution in [-0.2, 0) is 9.53 Å². The number of likely N-dealkylation sites (N-methyl/N-ethyl adjacent to an activating group) is 1. The molecule has 1 heterocycles. The maximum atomic E-state index is 11.8. The van der Waals surface area contributed by atoms with Gasteiger partial charge in [-0.2, -0.15) is 0 Å². The first-order valence-electron chi connectivity index (χ1n) is 6.39. The molecular formula is C12H22N2O2. The molecule has 1 aliphatic carbocycles. The number of ether oxygens (including phenoxy) is 1. The van der Waals surface area contributed by atoms with Gasteiger partial charge in [0.05, 0.1) is 18.8 Å². The number of nitrogens with zero attached hydrogens (tertiary/aromatic N) is 1. The number of hydrogen-bond donors (Lipinski definition) is 1. The van der Waals surface area contributed by atoms with Crippen LogP contribution in [0.4, 0.5) is 0 Å². The maximum absolute atomic E-state index is 11.8. The van der Waals surface area contributed by atoms with Gasteiger partial charge < -0.3 is 15.0 Å². The summed E-state index contributed by atoms with van der Waals surface area (Å²) in [5, 5.41) is 3.04. The van der Waals surface area contributed by atoms with Crippen LogP contribution in [-0.4, -0.2) is 49.7 Å². The lowest BCUT2D eigenvalue weighted by Gasteiger charge is -2.18. The van der Waals surface area contributed by atoms with Gasteiger partial charge in [0.2, 0.25) is 5.91 Å². The highest BCUT2D eigenvalue weighted by atomic mass is 16.5. The first-order valence-corrected chi connectivity index (χ1v) is 6.39. The van der Waals surface area contributed by atoms with Gasteiger partial charge in [0, 0.05) is 13.1 Å². The van der Waals surface area contributed by atoms with Crippen LogP contribution in [0.3, 0.4) is 0 Å². The standard InChI is InChI=1S/C12H22N2O2/c1-13-11-6-7-14(12(11)15)8-9-16-10-4-2-3-5-10/h10-11,13H,2-9H2,1H3. The number of amides is 1. The lowest BCUT2D eigenvalue weighted by molar-refractivity contribution is -0.130. The Hall–Kier alpha value is -0.610. The van der Waals surface area contributed by atoms with Gasteiger partial charge in [-0.1, -0.05) is 12.8 Å². The van der Waals surface area contributed by atoms with E-state index in [9.17, 15) is 4.79 Å². The van der Waals surface area contributed by atoms with Crippen molar-refractivity contribution < 1.29 is 9.53 Å². The van der Waals surface area contributed by atoms with E-state index in [1.165, 1.54) is 25.7 Å². The Morgan fingerprint density at radius 1 is 1.38 bits per heavy atom. The molecule has 16 heavy (non-hydrogen) atoms. The van der Waals surface area contributed by atoms with Gasteiger partial charge in [-0.25, -0.2) is 0 Å². The topological polar surface area (TPSA) is 41.6 Å². The fourth-order valence-electron chi connectivity index (χ4n) is 2.61. The molecule has 0 aromatic heterocycles. The van der Waals surface area contributed by atoms with Crippen LogP contribution in [0.15, 0.2) is 0 Å². The molecule has 92 valence electrons. The summed E-state index contributed by atoms with van der Waals surface area (Å²) in [6.07, 6.45) is 6.39. The van der Waals surface area contributed by atoms with E-state index in [2.05, 4.69) is 5.32 Å². The Balaban J connectivity index is 1.64. The van der Waals surface area contributed by atoms with Crippen LogP contribution in [0.5, 0.6) is 0 Å². The SMILES string of the molecule is CNC1CCN(CCOC2CCCC2)C1=O. The predicted octanol–water partition coefficient (Wildman–Crippen LogP) is 0.766. The molecule has 0 aromatic carbocycles. The van der Waals surface area contributed by atoms with Crippen LogP contribution >= 0.6 is 0 Å². The Kier molecular flexibility index (Phi) is 4.18. The highest BCUT2D eigenvalue weighted by molar-refractivity contribution is 5.83. The van der Waals surface area contributed by atoms with E-state index in [4.69, 9.17) is 4.74 Å². The van der Waals surface area contributed by atoms with Crippen LogP contribution in [0.1, 0.15) is 32.1 Å². The molecule has 1 N–H and O–H groups in total. The fraction of sp³-hybridized carbons (Fsp3) is 0.917. The van der Waals surface area contributed by atoms with E-state index >= 15 is 0 Å². The Morgan fingerprint density at radius 2 is 2.12 bits per heavy atom. The fourth-order valence-corrected chi connectivity index (χ4v) is 2.61. The molecule has 2 rings (SSSR count). The molecule has 0 bridgehead atoms. The van der Waals surface area contributed by atoms with Crippen molar-refractivity contribution in [1.29, 1.82) is 0 Å². The lowest BCUT2D eigenvalue weighted by Crippen LogP contribution is -2.37. The number of carbonyl (C=O) groups excluding carboxylic acids is 1. The third kappa shape index (κ3) is 2.74. The molecule has 1 saturated carbocycles. The van der Waals surface area contributed by atoms with Crippen LogP contribution < -0.4 is 5.32 Å². The molecule has 4 heteroatoms. The van der Waals surface area contributed by atoms with Gasteiger partial charge in [0.15, 0.2) is 0 Å². The Morgan fingerprint density at radius 3 is 2.75 bits per heavy atom. The second-order valence-corrected chi connectivity index (χ2v) is 4.73. The summed E-state index contributed by atoms with van der Waals surface area (Å²) in [5.41, 5.74) is 0. The van der Waals surface area contributed by atoms with Gasteiger partial charge in [-0.3, -0.25) is 4.79 Å². The van der Waals surface area contributed by atoms with E-state index in [-0.39, 0.29) is 11.9 Å². The zero-order chi connectivity index (χ0) is 11.4. The molecular weight excluding hydrogens is 204 g/mol. The first-order chi connectivity index (χ1) is 7.81. The average Bonchev–Trinajstić information content (AvgIpc) is 2.90. The summed E-state index contributed by atoms with van der Waals surface area (Å²) in [4.78, 5) is 13.7. The molecule has 0 radical (unpaired) electrons. The Labute approximate surface area is 97.3 Å². The number of hydrogen-bond acceptors (Lipinski definition) is 3. The minimum absolute atomic E-state index is 0.0338. The Bertz CT molecular complexity index is 239. The quantitative estimate of drug-likeness (QED) is 0.752. The normalized spacial score (nSPS) is 26.9. The van der Waals surface area contributed by atoms with Crippen molar-refractivity contribution in [2.45, 2.75) is 44.2 Å². The van der Waals surface area contributed by atoms with Crippen molar-refractivity contribution >= 4 is 5.91 Å². The smallest absolute Gasteiger partial charge is 0.239 e. The van der Waals surface area contributed by atoms with Crippen LogP contribution in [0.2, 0.25) is 0 Å². The van der Waals surface area contributed by atoms with E-state index < -0.39 is 0 Å².